The molecule has 27 heavy (non-hydrogen) atoms. The van der Waals surface area contributed by atoms with E-state index in [0.29, 0.717) is 42.0 Å². The van der Waals surface area contributed by atoms with Crippen LogP contribution in [-0.4, -0.2) is 49.8 Å². The van der Waals surface area contributed by atoms with Gasteiger partial charge in [-0.1, -0.05) is 31.5 Å². The Labute approximate surface area is 180 Å². The van der Waals surface area contributed by atoms with Gasteiger partial charge in [0.25, 0.3) is 0 Å². The zero-order valence-corrected chi connectivity index (χ0v) is 19.2. The molecule has 1 atom stereocenters. The average molecular weight is 506 g/mol. The second kappa shape index (κ2) is 10.1. The number of hydrogen-bond donors (Lipinski definition) is 1. The molecule has 6 nitrogen and oxygen atoms in total. The van der Waals surface area contributed by atoms with E-state index in [0.717, 1.165) is 38.8 Å². The molecule has 0 radical (unpaired) electrons. The highest BCUT2D eigenvalue weighted by atomic mass is 127. The van der Waals surface area contributed by atoms with Crippen molar-refractivity contribution in [2.75, 3.05) is 26.2 Å². The summed E-state index contributed by atoms with van der Waals surface area (Å²) in [6.45, 7) is 5.57. The molecular formula is C19H31IN4O2S. The summed E-state index contributed by atoms with van der Waals surface area (Å²) >= 11 is 0. The normalized spacial score (nSPS) is 22.3. The Morgan fingerprint density at radius 3 is 2.56 bits per heavy atom. The van der Waals surface area contributed by atoms with Gasteiger partial charge in [-0.3, -0.25) is 0 Å². The maximum absolute atomic E-state index is 13.0. The van der Waals surface area contributed by atoms with E-state index in [9.17, 15) is 8.42 Å². The fourth-order valence-electron chi connectivity index (χ4n) is 3.79. The van der Waals surface area contributed by atoms with Crippen molar-refractivity contribution in [3.63, 3.8) is 0 Å². The summed E-state index contributed by atoms with van der Waals surface area (Å²) in [5.74, 6) is 1.13. The van der Waals surface area contributed by atoms with E-state index in [-0.39, 0.29) is 24.0 Å². The van der Waals surface area contributed by atoms with Gasteiger partial charge in [-0.2, -0.15) is 4.31 Å². The topological polar surface area (TPSA) is 79.0 Å². The van der Waals surface area contributed by atoms with E-state index < -0.39 is 10.0 Å². The maximum Gasteiger partial charge on any atom is 0.243 e. The molecule has 2 aliphatic rings. The predicted octanol–water partition coefficient (Wildman–Crippen LogP) is 3.03. The molecule has 1 aromatic carbocycles. The summed E-state index contributed by atoms with van der Waals surface area (Å²) in [7, 11) is -3.46. The van der Waals surface area contributed by atoms with Crippen LogP contribution in [0.5, 0.6) is 0 Å². The molecule has 0 bridgehead atoms. The maximum atomic E-state index is 13.0. The smallest absolute Gasteiger partial charge is 0.243 e. The second-order valence-corrected chi connectivity index (χ2v) is 9.35. The van der Waals surface area contributed by atoms with Crippen LogP contribution in [0.2, 0.25) is 0 Å². The number of aliphatic imine (C=N–C) groups is 1. The molecule has 3 rings (SSSR count). The van der Waals surface area contributed by atoms with Crippen LogP contribution < -0.4 is 5.73 Å². The number of nitrogens with two attached hydrogens (primary N) is 1. The van der Waals surface area contributed by atoms with Crippen molar-refractivity contribution in [1.29, 1.82) is 0 Å². The SMILES string of the molecule is CC1CCCN(C(N)=NCc2ccccc2S(=O)(=O)N2CCCCC2)C1.I. The van der Waals surface area contributed by atoms with Gasteiger partial charge in [-0.05, 0) is 43.2 Å². The van der Waals surface area contributed by atoms with Crippen LogP contribution in [0.4, 0.5) is 0 Å². The highest BCUT2D eigenvalue weighted by Gasteiger charge is 2.27. The largest absolute Gasteiger partial charge is 0.370 e. The van der Waals surface area contributed by atoms with Crippen molar-refractivity contribution in [2.45, 2.75) is 50.5 Å². The lowest BCUT2D eigenvalue weighted by Gasteiger charge is -2.31. The van der Waals surface area contributed by atoms with E-state index in [4.69, 9.17) is 5.73 Å². The van der Waals surface area contributed by atoms with Crippen LogP contribution in [-0.2, 0) is 16.6 Å². The molecule has 0 amide bonds. The summed E-state index contributed by atoms with van der Waals surface area (Å²) in [5.41, 5.74) is 6.89. The molecule has 2 fully saturated rings. The zero-order valence-electron chi connectivity index (χ0n) is 16.0. The van der Waals surface area contributed by atoms with Gasteiger partial charge in [0.1, 0.15) is 0 Å². The van der Waals surface area contributed by atoms with E-state index in [1.807, 2.05) is 12.1 Å². The van der Waals surface area contributed by atoms with Crippen molar-refractivity contribution in [1.82, 2.24) is 9.21 Å². The number of hydrogen-bond acceptors (Lipinski definition) is 3. The van der Waals surface area contributed by atoms with Gasteiger partial charge in [0, 0.05) is 26.2 Å². The van der Waals surface area contributed by atoms with Gasteiger partial charge < -0.3 is 10.6 Å². The molecule has 0 aliphatic carbocycles. The number of nitrogens with zero attached hydrogens (tertiary/aromatic N) is 3. The average Bonchev–Trinajstić information content (AvgIpc) is 2.67. The van der Waals surface area contributed by atoms with Gasteiger partial charge >= 0.3 is 0 Å². The molecule has 2 saturated heterocycles. The summed E-state index contributed by atoms with van der Waals surface area (Å²) in [5, 5.41) is 0. The molecule has 0 saturated carbocycles. The van der Waals surface area contributed by atoms with Gasteiger partial charge in [-0.15, -0.1) is 24.0 Å². The third-order valence-electron chi connectivity index (χ3n) is 5.30. The molecule has 1 unspecified atom stereocenters. The molecule has 2 aliphatic heterocycles. The van der Waals surface area contributed by atoms with Crippen molar-refractivity contribution < 1.29 is 8.42 Å². The Balaban J connectivity index is 0.00000261. The van der Waals surface area contributed by atoms with Crippen molar-refractivity contribution in [3.8, 4) is 0 Å². The minimum atomic E-state index is -3.46. The number of benzene rings is 1. The van der Waals surface area contributed by atoms with Crippen molar-refractivity contribution in [3.05, 3.63) is 29.8 Å². The van der Waals surface area contributed by atoms with Gasteiger partial charge in [0.05, 0.1) is 11.4 Å². The number of piperidine rings is 2. The summed E-state index contributed by atoms with van der Waals surface area (Å²) in [6.07, 6.45) is 5.31. The Hall–Kier alpha value is -0.870. The molecule has 2 N–H and O–H groups in total. The van der Waals surface area contributed by atoms with Gasteiger partial charge in [0.15, 0.2) is 5.96 Å². The Bertz CT molecular complexity index is 748. The monoisotopic (exact) mass is 506 g/mol. The molecule has 1 aromatic rings. The van der Waals surface area contributed by atoms with Crippen LogP contribution in [0.3, 0.4) is 0 Å². The van der Waals surface area contributed by atoms with E-state index in [2.05, 4.69) is 16.8 Å². The number of likely N-dealkylation sites (tertiary alicyclic amines) is 1. The third-order valence-corrected chi connectivity index (χ3v) is 7.30. The molecule has 2 heterocycles. The number of guanidine groups is 1. The Morgan fingerprint density at radius 2 is 1.85 bits per heavy atom. The zero-order chi connectivity index (χ0) is 18.6. The molecule has 0 aromatic heterocycles. The summed E-state index contributed by atoms with van der Waals surface area (Å²) in [6, 6.07) is 7.17. The van der Waals surface area contributed by atoms with Crippen LogP contribution in [0.1, 0.15) is 44.6 Å². The predicted molar refractivity (Wildman–Crippen MR) is 120 cm³/mol. The number of rotatable bonds is 4. The fourth-order valence-corrected chi connectivity index (χ4v) is 5.53. The highest BCUT2D eigenvalue weighted by Crippen LogP contribution is 2.24. The van der Waals surface area contributed by atoms with Gasteiger partial charge in [-0.25, -0.2) is 13.4 Å². The first-order valence-corrected chi connectivity index (χ1v) is 11.1. The van der Waals surface area contributed by atoms with Crippen molar-refractivity contribution >= 4 is 40.0 Å². The van der Waals surface area contributed by atoms with Crippen LogP contribution in [0.15, 0.2) is 34.2 Å². The minimum Gasteiger partial charge on any atom is -0.370 e. The first-order valence-electron chi connectivity index (χ1n) is 9.61. The lowest BCUT2D eigenvalue weighted by molar-refractivity contribution is 0.270. The Morgan fingerprint density at radius 1 is 1.15 bits per heavy atom. The summed E-state index contributed by atoms with van der Waals surface area (Å²) < 4.78 is 27.7. The molecule has 0 spiro atoms. The third kappa shape index (κ3) is 5.57. The lowest BCUT2D eigenvalue weighted by Crippen LogP contribution is -2.43. The minimum absolute atomic E-state index is 0. The van der Waals surface area contributed by atoms with Crippen LogP contribution in [0.25, 0.3) is 0 Å². The first kappa shape index (κ1) is 22.4. The summed E-state index contributed by atoms with van der Waals surface area (Å²) in [4.78, 5) is 6.98. The molecule has 8 heteroatoms. The standard InChI is InChI=1S/C19H30N4O2S.HI/c1-16-8-7-11-22(15-16)19(20)21-14-17-9-3-4-10-18(17)26(24,25)23-12-5-2-6-13-23;/h3-4,9-10,16H,2,5-8,11-15H2,1H3,(H2,20,21);1H. The highest BCUT2D eigenvalue weighted by molar-refractivity contribution is 14.0. The quantitative estimate of drug-likeness (QED) is 0.387. The number of sulfonamides is 1. The Kier molecular flexibility index (Phi) is 8.36. The second-order valence-electron chi connectivity index (χ2n) is 7.44. The number of halogens is 1. The van der Waals surface area contributed by atoms with Crippen molar-refractivity contribution in [2.24, 2.45) is 16.6 Å². The van der Waals surface area contributed by atoms with Crippen LogP contribution in [0, 0.1) is 5.92 Å². The molecule has 152 valence electrons. The first-order chi connectivity index (χ1) is 12.5. The van der Waals surface area contributed by atoms with Gasteiger partial charge in [0.2, 0.25) is 10.0 Å². The molecular weight excluding hydrogens is 475 g/mol. The fraction of sp³-hybridized carbons (Fsp3) is 0.632. The van der Waals surface area contributed by atoms with E-state index in [1.54, 1.807) is 16.4 Å². The van der Waals surface area contributed by atoms with E-state index >= 15 is 0 Å². The van der Waals surface area contributed by atoms with Crippen LogP contribution >= 0.6 is 24.0 Å². The van der Waals surface area contributed by atoms with E-state index in [1.165, 1.54) is 6.42 Å². The lowest BCUT2D eigenvalue weighted by atomic mass is 10.0.